The van der Waals surface area contributed by atoms with Crippen molar-refractivity contribution in [2.24, 2.45) is 0 Å². The summed E-state index contributed by atoms with van der Waals surface area (Å²) < 4.78 is 29.4. The second kappa shape index (κ2) is 8.80. The van der Waals surface area contributed by atoms with Crippen LogP contribution in [0.1, 0.15) is 33.5 Å². The van der Waals surface area contributed by atoms with Crippen LogP contribution in [0.25, 0.3) is 0 Å². The van der Waals surface area contributed by atoms with Gasteiger partial charge in [0.25, 0.3) is 11.8 Å². The lowest BCUT2D eigenvalue weighted by Gasteiger charge is -2.42. The van der Waals surface area contributed by atoms with Crippen LogP contribution in [-0.2, 0) is 32.2 Å². The van der Waals surface area contributed by atoms with Gasteiger partial charge in [-0.05, 0) is 34.7 Å². The van der Waals surface area contributed by atoms with Crippen molar-refractivity contribution in [3.63, 3.8) is 0 Å². The molecule has 8 radical (unpaired) electrons. The van der Waals surface area contributed by atoms with Crippen molar-refractivity contribution < 1.29 is 28.0 Å². The number of hydrogen-bond donors (Lipinski definition) is 2. The van der Waals surface area contributed by atoms with E-state index in [0.29, 0.717) is 5.56 Å². The van der Waals surface area contributed by atoms with Crippen LogP contribution < -0.4 is 10.6 Å². The zero-order chi connectivity index (χ0) is 26.6. The van der Waals surface area contributed by atoms with Gasteiger partial charge in [0.2, 0.25) is 11.8 Å². The highest BCUT2D eigenvalue weighted by atomic mass is 35.5. The quantitative estimate of drug-likeness (QED) is 0.462. The van der Waals surface area contributed by atoms with E-state index in [9.17, 15) is 28.0 Å². The van der Waals surface area contributed by atoms with Crippen LogP contribution in [0, 0.1) is 0 Å². The van der Waals surface area contributed by atoms with Crippen molar-refractivity contribution in [2.45, 2.75) is 35.5 Å². The second-order valence-electron chi connectivity index (χ2n) is 8.81. The third-order valence-electron chi connectivity index (χ3n) is 6.03. The molecule has 1 unspecified atom stereocenters. The Bertz CT molecular complexity index is 1290. The molecule has 0 saturated carbocycles. The van der Waals surface area contributed by atoms with E-state index >= 15 is 0 Å². The summed E-state index contributed by atoms with van der Waals surface area (Å²) in [6.07, 6.45) is -0.392. The maximum Gasteiger partial charge on any atom is 0.349 e. The number of hydrogen-bond acceptors (Lipinski definition) is 4. The van der Waals surface area contributed by atoms with E-state index in [1.165, 1.54) is 30.3 Å². The third kappa shape index (κ3) is 4.56. The van der Waals surface area contributed by atoms with E-state index in [-0.39, 0.29) is 22.7 Å². The minimum atomic E-state index is -3.98. The molecule has 0 spiro atoms. The molecule has 1 atom stereocenters. The number of alkyl halides is 2. The molecule has 7 nitrogen and oxygen atoms in total. The van der Waals surface area contributed by atoms with Crippen LogP contribution in [0.5, 0.6) is 0 Å². The lowest BCUT2D eigenvalue weighted by atomic mass is 9.47. The number of fused-ring (bicyclic) bond motifs is 1. The summed E-state index contributed by atoms with van der Waals surface area (Å²) in [4.78, 5) is 50.5. The molecule has 2 aliphatic heterocycles. The summed E-state index contributed by atoms with van der Waals surface area (Å²) in [5.74, 6) is -7.83. The topological polar surface area (TPSA) is 95.6 Å². The van der Waals surface area contributed by atoms with Crippen LogP contribution in [0.4, 0.5) is 8.78 Å². The minimum Gasteiger partial charge on any atom is -0.358 e. The average molecular weight is 501 g/mol. The summed E-state index contributed by atoms with van der Waals surface area (Å²) in [5, 5.41) is 0.167. The highest BCUT2D eigenvalue weighted by Gasteiger charge is 2.48. The Hall–Kier alpha value is -3.07. The molecule has 1 fully saturated rings. The number of carbonyl (C=O) groups excluding carboxylic acids is 4. The number of benzene rings is 2. The van der Waals surface area contributed by atoms with Gasteiger partial charge in [-0.3, -0.25) is 24.5 Å². The van der Waals surface area contributed by atoms with Crippen LogP contribution in [0.15, 0.2) is 42.5 Å². The average Bonchev–Trinajstić information content (AvgIpc) is 3.07. The molecular formula is C22H14B4ClF2N3O4. The molecule has 0 aliphatic carbocycles. The zero-order valence-corrected chi connectivity index (χ0v) is 19.3. The number of carbonyl (C=O) groups is 4. The molecule has 2 heterocycles. The fourth-order valence-electron chi connectivity index (χ4n) is 4.24. The number of piperidine rings is 1. The van der Waals surface area contributed by atoms with Gasteiger partial charge in [-0.25, -0.2) is 0 Å². The summed E-state index contributed by atoms with van der Waals surface area (Å²) in [7, 11) is 23.9. The van der Waals surface area contributed by atoms with Crippen LogP contribution in [0.2, 0.25) is 10.2 Å². The van der Waals surface area contributed by atoms with Crippen LogP contribution in [0.3, 0.4) is 0 Å². The number of nitrogens with one attached hydrogen (secondary N) is 2. The Morgan fingerprint density at radius 3 is 2.31 bits per heavy atom. The smallest absolute Gasteiger partial charge is 0.349 e. The predicted molar refractivity (Wildman–Crippen MR) is 129 cm³/mol. The van der Waals surface area contributed by atoms with Gasteiger partial charge in [0.05, 0.1) is 31.4 Å². The number of nitrogens with zero attached hydrogens (tertiary/aromatic N) is 1. The van der Waals surface area contributed by atoms with Gasteiger partial charge in [0.1, 0.15) is 6.04 Å². The first kappa shape index (κ1) is 26.0. The molecule has 4 amide bonds. The molecule has 2 aromatic rings. The van der Waals surface area contributed by atoms with Crippen LogP contribution >= 0.6 is 11.6 Å². The second-order valence-corrected chi connectivity index (χ2v) is 9.25. The largest absolute Gasteiger partial charge is 0.358 e. The van der Waals surface area contributed by atoms with Gasteiger partial charge in [-0.1, -0.05) is 41.1 Å². The summed E-state index contributed by atoms with van der Waals surface area (Å²) in [6, 6.07) is 7.01. The molecule has 174 valence electrons. The molecule has 14 heteroatoms. The lowest BCUT2D eigenvalue weighted by Crippen LogP contribution is -2.60. The van der Waals surface area contributed by atoms with Gasteiger partial charge < -0.3 is 10.2 Å². The Morgan fingerprint density at radius 1 is 1.08 bits per heavy atom. The number of rotatable bonds is 5. The molecule has 4 rings (SSSR count). The maximum atomic E-state index is 14.7. The van der Waals surface area contributed by atoms with E-state index < -0.39 is 58.1 Å². The van der Waals surface area contributed by atoms with E-state index in [0.717, 1.165) is 17.0 Å². The molecule has 2 aliphatic rings. The Labute approximate surface area is 215 Å². The fourth-order valence-corrected chi connectivity index (χ4v) is 4.36. The first-order valence-corrected chi connectivity index (χ1v) is 10.9. The van der Waals surface area contributed by atoms with Crippen LogP contribution in [-0.4, -0.2) is 66.0 Å². The van der Waals surface area contributed by atoms with Gasteiger partial charge in [-0.2, -0.15) is 8.78 Å². The highest BCUT2D eigenvalue weighted by molar-refractivity contribution is 6.44. The van der Waals surface area contributed by atoms with Crippen molar-refractivity contribution in [1.82, 2.24) is 15.5 Å². The normalized spacial score (nSPS) is 19.6. The van der Waals surface area contributed by atoms with Gasteiger partial charge in [0.15, 0.2) is 0 Å². The van der Waals surface area contributed by atoms with Crippen molar-refractivity contribution in [3.8, 4) is 0 Å². The molecule has 36 heavy (non-hydrogen) atoms. The Balaban J connectivity index is 1.57. The van der Waals surface area contributed by atoms with Gasteiger partial charge >= 0.3 is 5.92 Å². The minimum absolute atomic E-state index is 0.00573. The maximum absolute atomic E-state index is 14.7. The number of imide groups is 1. The summed E-state index contributed by atoms with van der Waals surface area (Å²) in [5.41, 5.74) is -0.122. The summed E-state index contributed by atoms with van der Waals surface area (Å²) in [6.45, 7) is -0.157. The first-order chi connectivity index (χ1) is 16.6. The Kier molecular flexibility index (Phi) is 6.35. The molecule has 1 saturated heterocycles. The van der Waals surface area contributed by atoms with E-state index in [2.05, 4.69) is 5.32 Å². The van der Waals surface area contributed by atoms with Gasteiger partial charge in [0, 0.05) is 29.1 Å². The molecule has 0 bridgehead atoms. The predicted octanol–water partition coefficient (Wildman–Crippen LogP) is 0.520. The SMILES string of the molecule is [B]C([B])(NC(=O)C(F)(F)c1ccc(Cl)cc1)c1ccc2c(c1)CN(C1C(=O)NC(=O)CC1([B])[B])C2=O. The van der Waals surface area contributed by atoms with Crippen molar-refractivity contribution in [3.05, 3.63) is 69.7 Å². The highest BCUT2D eigenvalue weighted by Crippen LogP contribution is 2.38. The van der Waals surface area contributed by atoms with Crippen molar-refractivity contribution in [2.75, 3.05) is 0 Å². The lowest BCUT2D eigenvalue weighted by molar-refractivity contribution is -0.147. The number of amides is 4. The molecule has 2 N–H and O–H groups in total. The molecule has 0 aromatic heterocycles. The van der Waals surface area contributed by atoms with Crippen molar-refractivity contribution >= 4 is 66.6 Å². The monoisotopic (exact) mass is 501 g/mol. The Morgan fingerprint density at radius 2 is 1.69 bits per heavy atom. The first-order valence-electron chi connectivity index (χ1n) is 10.5. The van der Waals surface area contributed by atoms with E-state index in [1.807, 2.05) is 5.32 Å². The molecular weight excluding hydrogens is 487 g/mol. The summed E-state index contributed by atoms with van der Waals surface area (Å²) >= 11 is 5.71. The van der Waals surface area contributed by atoms with E-state index in [4.69, 9.17) is 43.0 Å². The zero-order valence-electron chi connectivity index (χ0n) is 18.6. The van der Waals surface area contributed by atoms with E-state index in [1.54, 1.807) is 0 Å². The van der Waals surface area contributed by atoms with Gasteiger partial charge in [-0.15, -0.1) is 0 Å². The number of halogens is 3. The fraction of sp³-hybridized carbons (Fsp3) is 0.273. The van der Waals surface area contributed by atoms with Crippen molar-refractivity contribution in [1.29, 1.82) is 0 Å². The standard InChI is InChI=1S/C22H14B4ClF2N3O4/c23-20(24)8-15(33)30-17(34)16(20)32-9-10-7-12(3-6-14(10)18(32)35)22(25,26)31-19(36)21(28,29)11-1-4-13(27)5-2-11/h1-7,16H,8-9H2,(H,31,36)(H,30,33,34). The third-order valence-corrected chi connectivity index (χ3v) is 6.28. The molecule has 2 aromatic carbocycles.